The summed E-state index contributed by atoms with van der Waals surface area (Å²) in [4.78, 5) is 6.81. The number of para-hydroxylation sites is 1. The van der Waals surface area contributed by atoms with E-state index in [-0.39, 0.29) is 12.1 Å². The van der Waals surface area contributed by atoms with Gasteiger partial charge in [-0.05, 0) is 105 Å². The SMILES string of the molecule is Cc1cc(N2C(=S)N[C@H](c3ccccn3)[C@@H]2c2cc(C)n(-c3c(C)cccc3C)c2C)ccc1NS(C)(=O)=O. The van der Waals surface area contributed by atoms with Crippen LogP contribution in [0.15, 0.2) is 66.9 Å². The molecule has 1 aliphatic heterocycles. The molecule has 0 amide bonds. The van der Waals surface area contributed by atoms with E-state index in [4.69, 9.17) is 12.2 Å². The van der Waals surface area contributed by atoms with Gasteiger partial charge in [0.1, 0.15) is 0 Å². The van der Waals surface area contributed by atoms with Crippen LogP contribution in [0.1, 0.15) is 51.4 Å². The number of aryl methyl sites for hydroxylation is 4. The van der Waals surface area contributed by atoms with Crippen molar-refractivity contribution in [1.82, 2.24) is 14.9 Å². The topological polar surface area (TPSA) is 79.3 Å². The third-order valence-electron chi connectivity index (χ3n) is 7.33. The number of hydrogen-bond donors (Lipinski definition) is 2. The van der Waals surface area contributed by atoms with Gasteiger partial charge in [-0.25, -0.2) is 8.42 Å². The lowest BCUT2D eigenvalue weighted by Crippen LogP contribution is -2.29. The van der Waals surface area contributed by atoms with Crippen LogP contribution in [0.4, 0.5) is 11.4 Å². The second-order valence-electron chi connectivity index (χ2n) is 10.3. The number of nitrogens with one attached hydrogen (secondary N) is 2. The van der Waals surface area contributed by atoms with Gasteiger partial charge in [-0.15, -0.1) is 0 Å². The molecule has 3 heterocycles. The number of aromatic nitrogens is 2. The second-order valence-corrected chi connectivity index (χ2v) is 12.4. The summed E-state index contributed by atoms with van der Waals surface area (Å²) in [6.45, 7) is 10.5. The van der Waals surface area contributed by atoms with Gasteiger partial charge in [-0.2, -0.15) is 0 Å². The molecule has 2 aromatic heterocycles. The van der Waals surface area contributed by atoms with E-state index < -0.39 is 10.0 Å². The maximum Gasteiger partial charge on any atom is 0.229 e. The smallest absolute Gasteiger partial charge is 0.229 e. The summed E-state index contributed by atoms with van der Waals surface area (Å²) in [7, 11) is -3.39. The lowest BCUT2D eigenvalue weighted by Gasteiger charge is -2.29. The molecule has 1 aliphatic rings. The summed E-state index contributed by atoms with van der Waals surface area (Å²) in [5.74, 6) is 0. The van der Waals surface area contributed by atoms with Gasteiger partial charge in [0.15, 0.2) is 5.11 Å². The van der Waals surface area contributed by atoms with Crippen molar-refractivity contribution in [3.05, 3.63) is 106 Å². The first kappa shape index (κ1) is 26.9. The summed E-state index contributed by atoms with van der Waals surface area (Å²) >= 11 is 5.93. The Balaban J connectivity index is 1.68. The molecule has 2 N–H and O–H groups in total. The van der Waals surface area contributed by atoms with E-state index in [9.17, 15) is 8.42 Å². The minimum Gasteiger partial charge on any atom is -0.351 e. The van der Waals surface area contributed by atoms with Crippen LogP contribution in [-0.4, -0.2) is 29.3 Å². The molecule has 0 unspecified atom stereocenters. The lowest BCUT2D eigenvalue weighted by molar-refractivity contribution is 0.565. The normalized spacial score (nSPS) is 17.4. The van der Waals surface area contributed by atoms with Gasteiger partial charge in [0.25, 0.3) is 0 Å². The molecule has 1 fully saturated rings. The zero-order chi connectivity index (χ0) is 28.1. The molecule has 0 saturated carbocycles. The van der Waals surface area contributed by atoms with E-state index in [0.717, 1.165) is 40.2 Å². The first-order chi connectivity index (χ1) is 18.5. The van der Waals surface area contributed by atoms with Gasteiger partial charge in [-0.3, -0.25) is 9.71 Å². The van der Waals surface area contributed by atoms with E-state index >= 15 is 0 Å². The van der Waals surface area contributed by atoms with Gasteiger partial charge in [0.05, 0.1) is 35.4 Å². The molecule has 1 saturated heterocycles. The Kier molecular flexibility index (Phi) is 6.99. The van der Waals surface area contributed by atoms with Crippen molar-refractivity contribution in [2.75, 3.05) is 15.9 Å². The van der Waals surface area contributed by atoms with Crippen LogP contribution in [0.5, 0.6) is 0 Å². The Labute approximate surface area is 235 Å². The molecule has 5 rings (SSSR count). The number of sulfonamides is 1. The van der Waals surface area contributed by atoms with E-state index in [1.165, 1.54) is 16.8 Å². The van der Waals surface area contributed by atoms with Crippen molar-refractivity contribution < 1.29 is 8.42 Å². The Hall–Kier alpha value is -3.69. The fourth-order valence-corrected chi connectivity index (χ4v) is 6.62. The fraction of sp³-hybridized carbons (Fsp3) is 0.267. The number of thiocarbonyl (C=S) groups is 1. The Morgan fingerprint density at radius 1 is 0.923 bits per heavy atom. The van der Waals surface area contributed by atoms with E-state index in [2.05, 4.69) is 76.5 Å². The summed E-state index contributed by atoms with van der Waals surface area (Å²) < 4.78 is 28.6. The van der Waals surface area contributed by atoms with Crippen LogP contribution in [0.25, 0.3) is 5.69 Å². The van der Waals surface area contributed by atoms with E-state index in [1.54, 1.807) is 12.3 Å². The lowest BCUT2D eigenvalue weighted by atomic mass is 9.96. The molecule has 2 atom stereocenters. The Morgan fingerprint density at radius 2 is 1.64 bits per heavy atom. The van der Waals surface area contributed by atoms with Crippen LogP contribution in [0.3, 0.4) is 0 Å². The summed E-state index contributed by atoms with van der Waals surface area (Å²) in [6.07, 6.45) is 2.95. The third kappa shape index (κ3) is 5.04. The average molecular weight is 560 g/mol. The number of pyridine rings is 1. The number of benzene rings is 2. The summed E-state index contributed by atoms with van der Waals surface area (Å²) in [5, 5.41) is 4.13. The maximum atomic E-state index is 11.9. The predicted molar refractivity (Wildman–Crippen MR) is 162 cm³/mol. The molecule has 0 radical (unpaired) electrons. The maximum absolute atomic E-state index is 11.9. The van der Waals surface area contributed by atoms with Gasteiger partial charge in [0.2, 0.25) is 10.0 Å². The van der Waals surface area contributed by atoms with Crippen LogP contribution in [-0.2, 0) is 10.0 Å². The average Bonchev–Trinajstić information content (AvgIpc) is 3.36. The first-order valence-corrected chi connectivity index (χ1v) is 15.1. The van der Waals surface area contributed by atoms with Gasteiger partial charge >= 0.3 is 0 Å². The third-order valence-corrected chi connectivity index (χ3v) is 8.24. The van der Waals surface area contributed by atoms with Crippen molar-refractivity contribution >= 4 is 38.7 Å². The molecular formula is C30H33N5O2S2. The minimum absolute atomic E-state index is 0.176. The molecular weight excluding hydrogens is 526 g/mol. The minimum atomic E-state index is -3.39. The summed E-state index contributed by atoms with van der Waals surface area (Å²) in [5.41, 5.74) is 10.2. The van der Waals surface area contributed by atoms with Crippen LogP contribution in [0, 0.1) is 34.6 Å². The fourth-order valence-electron chi connectivity index (χ4n) is 5.65. The van der Waals surface area contributed by atoms with Crippen LogP contribution >= 0.6 is 12.2 Å². The van der Waals surface area contributed by atoms with E-state index in [1.807, 2.05) is 37.3 Å². The molecule has 0 bridgehead atoms. The molecule has 0 spiro atoms. The second kappa shape index (κ2) is 10.1. The van der Waals surface area contributed by atoms with Crippen molar-refractivity contribution in [3.63, 3.8) is 0 Å². The molecule has 4 aromatic rings. The highest BCUT2D eigenvalue weighted by Gasteiger charge is 2.42. The Morgan fingerprint density at radius 3 is 2.26 bits per heavy atom. The molecule has 7 nitrogen and oxygen atoms in total. The monoisotopic (exact) mass is 559 g/mol. The number of anilines is 2. The van der Waals surface area contributed by atoms with Crippen molar-refractivity contribution in [1.29, 1.82) is 0 Å². The first-order valence-electron chi connectivity index (χ1n) is 12.8. The summed E-state index contributed by atoms with van der Waals surface area (Å²) in [6, 6.07) is 19.9. The standard InChI is InChI=1S/C30H33N5O2S2/c1-18-10-9-11-19(2)28(18)34-21(4)17-24(22(34)5)29-27(26-12-7-8-15-31-26)32-30(38)35(29)23-13-14-25(20(3)16-23)33-39(6,36)37/h7-17,27,29,33H,1-6H3,(H,32,38)/t27-,29+/m1/s1. The van der Waals surface area contributed by atoms with Crippen molar-refractivity contribution in [2.24, 2.45) is 0 Å². The molecule has 9 heteroatoms. The number of rotatable bonds is 6. The van der Waals surface area contributed by atoms with Crippen LogP contribution in [0.2, 0.25) is 0 Å². The molecule has 2 aromatic carbocycles. The molecule has 202 valence electrons. The van der Waals surface area contributed by atoms with Crippen molar-refractivity contribution in [2.45, 2.75) is 46.7 Å². The largest absolute Gasteiger partial charge is 0.351 e. The molecule has 39 heavy (non-hydrogen) atoms. The zero-order valence-electron chi connectivity index (χ0n) is 23.0. The van der Waals surface area contributed by atoms with Gasteiger partial charge in [-0.1, -0.05) is 24.3 Å². The predicted octanol–water partition coefficient (Wildman–Crippen LogP) is 5.96. The quantitative estimate of drug-likeness (QED) is 0.284. The van der Waals surface area contributed by atoms with Crippen LogP contribution < -0.4 is 14.9 Å². The highest BCUT2D eigenvalue weighted by molar-refractivity contribution is 7.92. The number of hydrogen-bond acceptors (Lipinski definition) is 4. The zero-order valence-corrected chi connectivity index (χ0v) is 24.6. The molecule has 0 aliphatic carbocycles. The highest BCUT2D eigenvalue weighted by atomic mass is 32.2. The highest BCUT2D eigenvalue weighted by Crippen LogP contribution is 2.44. The number of nitrogens with zero attached hydrogens (tertiary/aromatic N) is 3. The van der Waals surface area contributed by atoms with E-state index in [0.29, 0.717) is 10.8 Å². The van der Waals surface area contributed by atoms with Crippen molar-refractivity contribution in [3.8, 4) is 5.69 Å². The van der Waals surface area contributed by atoms with Gasteiger partial charge in [0, 0.05) is 23.3 Å². The Bertz CT molecular complexity index is 1660. The van der Waals surface area contributed by atoms with Gasteiger partial charge < -0.3 is 14.8 Å².